The predicted octanol–water partition coefficient (Wildman–Crippen LogP) is 2.33. The zero-order chi connectivity index (χ0) is 19.7. The highest BCUT2D eigenvalue weighted by atomic mass is 35.5. The molecule has 4 rings (SSSR count). The number of halogens is 1. The van der Waals surface area contributed by atoms with Crippen LogP contribution in [0, 0.1) is 12.3 Å². The molecule has 4 heterocycles. The number of nitrogens with zero attached hydrogens (tertiary/aromatic N) is 5. The number of amides is 1. The molecule has 8 heteroatoms. The Kier molecular flexibility index (Phi) is 5.21. The van der Waals surface area contributed by atoms with Crippen molar-refractivity contribution >= 4 is 23.3 Å². The fourth-order valence-electron chi connectivity index (χ4n) is 4.49. The van der Waals surface area contributed by atoms with Crippen molar-refractivity contribution in [1.82, 2.24) is 19.9 Å². The number of aryl methyl sites for hydroxylation is 1. The monoisotopic (exact) mass is 401 g/mol. The Morgan fingerprint density at radius 2 is 2.07 bits per heavy atom. The van der Waals surface area contributed by atoms with Crippen LogP contribution in [-0.4, -0.2) is 63.1 Å². The number of piperidine rings is 2. The summed E-state index contributed by atoms with van der Waals surface area (Å²) in [5.74, 6) is 0.769. The molecule has 1 amide bonds. The van der Waals surface area contributed by atoms with Crippen LogP contribution in [0.3, 0.4) is 0 Å². The van der Waals surface area contributed by atoms with E-state index in [-0.39, 0.29) is 11.3 Å². The summed E-state index contributed by atoms with van der Waals surface area (Å²) in [6.07, 6.45) is 8.37. The molecule has 0 bridgehead atoms. The molecule has 148 valence electrons. The number of pyridine rings is 1. The molecule has 0 unspecified atom stereocenters. The fraction of sp³-hybridized carbons (Fsp3) is 0.500. The molecule has 2 aliphatic rings. The quantitative estimate of drug-likeness (QED) is 0.831. The Balaban J connectivity index is 1.57. The van der Waals surface area contributed by atoms with Crippen LogP contribution in [0.25, 0.3) is 0 Å². The molecule has 0 aromatic carbocycles. The molecule has 2 atom stereocenters. The Labute approximate surface area is 169 Å². The fourth-order valence-corrected chi connectivity index (χ4v) is 4.66. The van der Waals surface area contributed by atoms with E-state index in [4.69, 9.17) is 11.6 Å². The largest absolute Gasteiger partial charge is 0.392 e. The molecule has 0 radical (unpaired) electrons. The van der Waals surface area contributed by atoms with Crippen molar-refractivity contribution < 1.29 is 9.90 Å². The third-order valence-corrected chi connectivity index (χ3v) is 6.09. The third-order valence-electron chi connectivity index (χ3n) is 5.89. The normalized spacial score (nSPS) is 25.2. The van der Waals surface area contributed by atoms with Crippen molar-refractivity contribution in [3.05, 3.63) is 47.1 Å². The third kappa shape index (κ3) is 3.56. The zero-order valence-electron chi connectivity index (χ0n) is 15.9. The lowest BCUT2D eigenvalue weighted by Gasteiger charge is -2.51. The van der Waals surface area contributed by atoms with Gasteiger partial charge in [-0.15, -0.1) is 0 Å². The molecule has 0 aliphatic carbocycles. The van der Waals surface area contributed by atoms with E-state index in [1.807, 2.05) is 11.8 Å². The maximum atomic E-state index is 13.0. The van der Waals surface area contributed by atoms with Gasteiger partial charge >= 0.3 is 0 Å². The Morgan fingerprint density at radius 1 is 1.25 bits per heavy atom. The topological polar surface area (TPSA) is 82.5 Å². The summed E-state index contributed by atoms with van der Waals surface area (Å²) in [5.41, 5.74) is 0.988. The van der Waals surface area contributed by atoms with Gasteiger partial charge in [0.1, 0.15) is 5.82 Å². The van der Waals surface area contributed by atoms with Crippen molar-refractivity contribution in [3.8, 4) is 0 Å². The summed E-state index contributed by atoms with van der Waals surface area (Å²) in [6, 6.07) is 1.64. The summed E-state index contributed by atoms with van der Waals surface area (Å²) in [7, 11) is 0. The molecule has 28 heavy (non-hydrogen) atoms. The van der Waals surface area contributed by atoms with Crippen LogP contribution in [-0.2, 0) is 0 Å². The second kappa shape index (κ2) is 7.64. The first-order valence-corrected chi connectivity index (χ1v) is 9.97. The number of aliphatic hydroxyl groups is 1. The van der Waals surface area contributed by atoms with E-state index in [1.54, 1.807) is 24.7 Å². The summed E-state index contributed by atoms with van der Waals surface area (Å²) >= 11 is 6.00. The molecule has 7 nitrogen and oxygen atoms in total. The number of hydrogen-bond donors (Lipinski definition) is 1. The number of aromatic nitrogens is 3. The molecular weight excluding hydrogens is 378 g/mol. The van der Waals surface area contributed by atoms with Gasteiger partial charge in [0.25, 0.3) is 5.91 Å². The molecule has 1 N–H and O–H groups in total. The van der Waals surface area contributed by atoms with Gasteiger partial charge in [-0.1, -0.05) is 11.6 Å². The maximum Gasteiger partial charge on any atom is 0.255 e. The van der Waals surface area contributed by atoms with Crippen molar-refractivity contribution in [2.45, 2.75) is 32.3 Å². The molecule has 2 aliphatic heterocycles. The smallest absolute Gasteiger partial charge is 0.255 e. The van der Waals surface area contributed by atoms with E-state index in [1.165, 1.54) is 6.20 Å². The van der Waals surface area contributed by atoms with E-state index < -0.39 is 6.10 Å². The van der Waals surface area contributed by atoms with Crippen LogP contribution in [0.15, 0.2) is 30.9 Å². The van der Waals surface area contributed by atoms with Crippen LogP contribution in [0.2, 0.25) is 5.02 Å². The SMILES string of the molecule is Cc1nccnc1N1CC[C@@H](O)[C@]2(CCCN(C(=O)c3cncc(Cl)c3)C2)C1. The molecule has 2 aromatic heterocycles. The van der Waals surface area contributed by atoms with Crippen LogP contribution < -0.4 is 4.90 Å². The molecule has 1 spiro atoms. The van der Waals surface area contributed by atoms with E-state index in [0.717, 1.165) is 30.9 Å². The predicted molar refractivity (Wildman–Crippen MR) is 106 cm³/mol. The Morgan fingerprint density at radius 3 is 2.86 bits per heavy atom. The number of anilines is 1. The number of rotatable bonds is 2. The standard InChI is InChI=1S/C20H24ClN5O2/c1-14-18(24-6-5-23-14)25-8-3-17(27)20(12-25)4-2-7-26(13-20)19(28)15-9-16(21)11-22-10-15/h5-6,9-11,17,27H,2-4,7-8,12-13H2,1H3/t17-,20-/m1/s1. The van der Waals surface area contributed by atoms with Crippen LogP contribution in [0.1, 0.15) is 35.3 Å². The van der Waals surface area contributed by atoms with Crippen LogP contribution >= 0.6 is 11.6 Å². The van der Waals surface area contributed by atoms with Gasteiger partial charge in [-0.2, -0.15) is 0 Å². The maximum absolute atomic E-state index is 13.0. The number of aliphatic hydroxyl groups excluding tert-OH is 1. The first-order chi connectivity index (χ1) is 13.5. The Bertz CT molecular complexity index is 879. The van der Waals surface area contributed by atoms with E-state index in [0.29, 0.717) is 36.6 Å². The van der Waals surface area contributed by atoms with Gasteiger partial charge < -0.3 is 14.9 Å². The van der Waals surface area contributed by atoms with Gasteiger partial charge in [0.2, 0.25) is 0 Å². The van der Waals surface area contributed by atoms with Gasteiger partial charge in [0, 0.05) is 56.4 Å². The highest BCUT2D eigenvalue weighted by Gasteiger charge is 2.47. The van der Waals surface area contributed by atoms with Gasteiger partial charge in [-0.3, -0.25) is 14.8 Å². The van der Waals surface area contributed by atoms with Crippen LogP contribution in [0.5, 0.6) is 0 Å². The molecule has 2 aromatic rings. The van der Waals surface area contributed by atoms with Crippen molar-refractivity contribution in [1.29, 1.82) is 0 Å². The average molecular weight is 402 g/mol. The summed E-state index contributed by atoms with van der Waals surface area (Å²) in [5, 5.41) is 11.3. The van der Waals surface area contributed by atoms with E-state index >= 15 is 0 Å². The van der Waals surface area contributed by atoms with Crippen LogP contribution in [0.4, 0.5) is 5.82 Å². The number of likely N-dealkylation sites (tertiary alicyclic amines) is 1. The van der Waals surface area contributed by atoms with Crippen molar-refractivity contribution in [2.75, 3.05) is 31.1 Å². The highest BCUT2D eigenvalue weighted by Crippen LogP contribution is 2.40. The van der Waals surface area contributed by atoms with E-state index in [2.05, 4.69) is 19.9 Å². The summed E-state index contributed by atoms with van der Waals surface area (Å²) in [6.45, 7) is 4.52. The molecule has 2 saturated heterocycles. The second-order valence-corrected chi connectivity index (χ2v) is 8.21. The first-order valence-electron chi connectivity index (χ1n) is 9.59. The molecular formula is C20H24ClN5O2. The van der Waals surface area contributed by atoms with Gasteiger partial charge in [-0.25, -0.2) is 4.98 Å². The lowest BCUT2D eigenvalue weighted by atomic mass is 9.71. The lowest BCUT2D eigenvalue weighted by Crippen LogP contribution is -2.60. The number of carbonyl (C=O) groups is 1. The van der Waals surface area contributed by atoms with Gasteiger partial charge in [-0.05, 0) is 32.3 Å². The first kappa shape index (κ1) is 19.1. The Hall–Kier alpha value is -2.25. The minimum Gasteiger partial charge on any atom is -0.392 e. The number of hydrogen-bond acceptors (Lipinski definition) is 6. The highest BCUT2D eigenvalue weighted by molar-refractivity contribution is 6.30. The summed E-state index contributed by atoms with van der Waals surface area (Å²) < 4.78 is 0. The summed E-state index contributed by atoms with van der Waals surface area (Å²) in [4.78, 5) is 29.9. The van der Waals surface area contributed by atoms with Gasteiger partial charge in [0.05, 0.1) is 22.4 Å². The average Bonchev–Trinajstić information content (AvgIpc) is 2.70. The minimum absolute atomic E-state index is 0.0888. The second-order valence-electron chi connectivity index (χ2n) is 7.78. The molecule has 0 saturated carbocycles. The molecule has 2 fully saturated rings. The lowest BCUT2D eigenvalue weighted by molar-refractivity contribution is -0.0362. The van der Waals surface area contributed by atoms with Gasteiger partial charge in [0.15, 0.2) is 0 Å². The zero-order valence-corrected chi connectivity index (χ0v) is 16.6. The van der Waals surface area contributed by atoms with E-state index in [9.17, 15) is 9.90 Å². The minimum atomic E-state index is -0.450. The van der Waals surface area contributed by atoms with Crippen molar-refractivity contribution in [3.63, 3.8) is 0 Å². The van der Waals surface area contributed by atoms with Crippen molar-refractivity contribution in [2.24, 2.45) is 5.41 Å². The number of carbonyl (C=O) groups excluding carboxylic acids is 1.